The molecule has 0 aliphatic rings. The van der Waals surface area contributed by atoms with E-state index in [-0.39, 0.29) is 29.6 Å². The van der Waals surface area contributed by atoms with Crippen LogP contribution in [0, 0.1) is 29.1 Å². The zero-order valence-corrected chi connectivity index (χ0v) is 47.8. The number of aliphatic carboxylic acids is 1. The summed E-state index contributed by atoms with van der Waals surface area (Å²) in [5, 5.41) is 26.1. The zero-order valence-electron chi connectivity index (χ0n) is 46.3. The van der Waals surface area contributed by atoms with Gasteiger partial charge in [-0.25, -0.2) is 26.9 Å². The number of hydrogen-bond acceptors (Lipinski definition) is 9. The van der Waals surface area contributed by atoms with E-state index < -0.39 is 58.6 Å². The van der Waals surface area contributed by atoms with Gasteiger partial charge in [0.15, 0.2) is 11.8 Å². The van der Waals surface area contributed by atoms with Crippen LogP contribution >= 0.6 is 23.2 Å². The molecule has 0 saturated carbocycles. The molecule has 0 fully saturated rings. The third kappa shape index (κ3) is 17.9. The Hall–Kier alpha value is -10.7. The molecule has 0 aliphatic heterocycles. The molecule has 7 N–H and O–H groups in total. The van der Waals surface area contributed by atoms with Crippen LogP contribution in [0.5, 0.6) is 5.75 Å². The van der Waals surface area contributed by atoms with Crippen molar-refractivity contribution in [3.8, 4) is 28.0 Å². The Morgan fingerprint density at radius 3 is 1.42 bits per heavy atom. The third-order valence-electron chi connectivity index (χ3n) is 12.6. The molecule has 11 aromatic rings. The number of rotatable bonds is 11. The number of esters is 1. The highest BCUT2D eigenvalue weighted by atomic mass is 35.5. The summed E-state index contributed by atoms with van der Waals surface area (Å²) in [6, 6.07) is 59.4. The van der Waals surface area contributed by atoms with Crippen molar-refractivity contribution in [1.29, 1.82) is 0 Å². The predicted octanol–water partition coefficient (Wildman–Crippen LogP) is 15.5. The number of benzene rings is 9. The minimum Gasteiger partial charge on any atom is -0.506 e. The Bertz CT molecular complexity index is 4200. The fourth-order valence-corrected chi connectivity index (χ4v) is 9.11. The highest BCUT2D eigenvalue weighted by molar-refractivity contribution is 6.42. The molecule has 2 atom stereocenters. The monoisotopic (exact) mass is 1230 g/mol. The lowest BCUT2D eigenvalue weighted by atomic mass is 9.98. The number of pyridine rings is 2. The molecule has 9 aromatic carbocycles. The number of aromatic nitrogens is 2. The number of anilines is 3. The van der Waals surface area contributed by atoms with Gasteiger partial charge in [-0.2, -0.15) is 0 Å². The van der Waals surface area contributed by atoms with E-state index in [1.54, 1.807) is 97.9 Å². The van der Waals surface area contributed by atoms with Crippen LogP contribution in [-0.4, -0.2) is 50.5 Å². The number of fused-ring (bicyclic) bond motifs is 2. The maximum atomic E-state index is 13.3. The molecule has 2 unspecified atom stereocenters. The van der Waals surface area contributed by atoms with E-state index >= 15 is 0 Å². The fraction of sp³-hybridized carbons (Fsp3) is 0.0588. The van der Waals surface area contributed by atoms with Gasteiger partial charge in [0.2, 0.25) is 11.8 Å². The predicted molar refractivity (Wildman–Crippen MR) is 332 cm³/mol. The van der Waals surface area contributed by atoms with E-state index in [1.807, 2.05) is 36.4 Å². The Kier molecular flexibility index (Phi) is 23.2. The van der Waals surface area contributed by atoms with Crippen molar-refractivity contribution < 1.29 is 56.1 Å². The lowest BCUT2D eigenvalue weighted by Crippen LogP contribution is -2.29. The number of nitrogens with two attached hydrogens (primary N) is 1. The van der Waals surface area contributed by atoms with Crippen molar-refractivity contribution in [1.82, 2.24) is 9.97 Å². The first-order valence-electron chi connectivity index (χ1n) is 26.5. The minimum absolute atomic E-state index is 0.152. The number of carbonyl (C=O) groups excluding carboxylic acids is 3. The topological polar surface area (TPSA) is 214 Å². The highest BCUT2D eigenvalue weighted by Crippen LogP contribution is 2.38. The van der Waals surface area contributed by atoms with Crippen LogP contribution in [-0.2, 0) is 23.9 Å². The quantitative estimate of drug-likeness (QED) is 0.0237. The summed E-state index contributed by atoms with van der Waals surface area (Å²) in [4.78, 5) is 66.8. The van der Waals surface area contributed by atoms with Gasteiger partial charge in [0, 0.05) is 33.4 Å². The molecule has 20 heteroatoms. The molecule has 2 aromatic heterocycles. The van der Waals surface area contributed by atoms with E-state index in [0.717, 1.165) is 5.56 Å². The van der Waals surface area contributed by atoms with E-state index in [1.165, 1.54) is 103 Å². The number of aromatic hydroxyl groups is 1. The van der Waals surface area contributed by atoms with E-state index in [2.05, 4.69) is 20.6 Å². The maximum absolute atomic E-state index is 13.3. The third-order valence-corrected chi connectivity index (χ3v) is 13.2. The van der Waals surface area contributed by atoms with Crippen LogP contribution in [0.15, 0.2) is 235 Å². The number of halogens is 7. The largest absolute Gasteiger partial charge is 0.506 e. The summed E-state index contributed by atoms with van der Waals surface area (Å²) in [6.45, 7) is 1.86. The molecule has 0 bridgehead atoms. The molecule has 0 aliphatic carbocycles. The second kappa shape index (κ2) is 31.4. The second-order valence-electron chi connectivity index (χ2n) is 18.7. The number of carboxylic acids is 1. The van der Waals surface area contributed by atoms with Crippen LogP contribution in [0.1, 0.15) is 29.9 Å². The van der Waals surface area contributed by atoms with Crippen LogP contribution in [0.3, 0.4) is 0 Å². The maximum Gasteiger partial charge on any atom is 0.323 e. The number of ether oxygens (including phenoxy) is 1. The molecular weight excluding hydrogens is 1180 g/mol. The number of aromatic amines is 1. The summed E-state index contributed by atoms with van der Waals surface area (Å²) in [7, 11) is 0. The van der Waals surface area contributed by atoms with Gasteiger partial charge < -0.3 is 36.3 Å². The van der Waals surface area contributed by atoms with Crippen LogP contribution in [0.2, 0.25) is 10.2 Å². The lowest BCUT2D eigenvalue weighted by Gasteiger charge is -2.16. The van der Waals surface area contributed by atoms with Crippen LogP contribution in [0.25, 0.3) is 44.1 Å². The molecule has 0 radical (unpaired) electrons. The number of carboxylic acid groups (broad SMARTS) is 1. The SMILES string of the molecule is CCOC(=O)C(C(=O)Nc1ccc(F)cc1)c1ccccc1.Fc1ccc2nc(Cl)c(-c3ccccc3)c(Cl)c2c1.Nc1ccc(F)cc1.O=C(O)C(C(=O)Nc1ccc(F)cc1)c1ccccc1.O=c1[nH]c2ccc(F)cc2c(O)c1-c1ccccc1. The molecule has 88 heavy (non-hydrogen) atoms. The number of hydrogen-bond donors (Lipinski definition) is 6. The summed E-state index contributed by atoms with van der Waals surface area (Å²) in [5.74, 6) is -7.51. The second-order valence-corrected chi connectivity index (χ2v) is 19.4. The number of amides is 2. The van der Waals surface area contributed by atoms with Gasteiger partial charge in [-0.1, -0.05) is 145 Å². The first kappa shape index (κ1) is 64.9. The van der Waals surface area contributed by atoms with E-state index in [9.17, 15) is 56.1 Å². The molecule has 2 heterocycles. The van der Waals surface area contributed by atoms with E-state index in [0.29, 0.717) is 71.3 Å². The van der Waals surface area contributed by atoms with Crippen molar-refractivity contribution >= 4 is 85.8 Å². The van der Waals surface area contributed by atoms with Crippen LogP contribution in [0.4, 0.5) is 39.0 Å². The zero-order chi connectivity index (χ0) is 63.3. The van der Waals surface area contributed by atoms with Gasteiger partial charge in [0.05, 0.1) is 28.2 Å². The summed E-state index contributed by atoms with van der Waals surface area (Å²) >= 11 is 12.6. The standard InChI is InChI=1S/C17H16FNO3.C15H8Cl2FN.C15H12FNO3.C15H10FNO2.C6H6FN/c1-2-22-17(21)15(12-6-4-3-5-7-12)16(20)19-14-10-8-13(18)9-11-14;16-14-11-8-10(18)6-7-12(11)19-15(17)13(14)9-4-2-1-3-5-9;16-11-6-8-12(9-7-11)17-14(18)13(15(19)20)10-4-2-1-3-5-10;16-10-6-7-12-11(8-10)14(18)13(15(19)17-12)9-4-2-1-3-5-9;7-5-1-3-6(8)4-2-5/h3-11,15H,2H2,1H3,(H,19,20);1-8H;1-9,13H,(H,17,18)(H,19,20);1-8H,(H2,17,18,19);1-4H,8H2. The molecule has 13 nitrogen and oxygen atoms in total. The molecule has 446 valence electrons. The molecule has 0 spiro atoms. The van der Waals surface area contributed by atoms with Gasteiger partial charge in [-0.15, -0.1) is 0 Å². The lowest BCUT2D eigenvalue weighted by molar-refractivity contribution is -0.147. The number of nitrogens with zero attached hydrogens (tertiary/aromatic N) is 1. The van der Waals surface area contributed by atoms with Crippen molar-refractivity contribution in [2.75, 3.05) is 23.0 Å². The summed E-state index contributed by atoms with van der Waals surface area (Å²) in [5.41, 5.74) is 10.4. The van der Waals surface area contributed by atoms with Gasteiger partial charge in [0.1, 0.15) is 40.0 Å². The normalized spacial score (nSPS) is 11.0. The van der Waals surface area contributed by atoms with Crippen molar-refractivity contribution in [3.05, 3.63) is 291 Å². The first-order valence-corrected chi connectivity index (χ1v) is 27.3. The number of nitrogens with one attached hydrogen (secondary N) is 3. The fourth-order valence-electron chi connectivity index (χ4n) is 8.42. The molecule has 11 rings (SSSR count). The number of nitrogen functional groups attached to an aromatic ring is 1. The molecule has 0 saturated heterocycles. The van der Waals surface area contributed by atoms with Crippen molar-refractivity contribution in [2.24, 2.45) is 0 Å². The van der Waals surface area contributed by atoms with Crippen molar-refractivity contribution in [3.63, 3.8) is 0 Å². The average molecular weight is 1230 g/mol. The highest BCUT2D eigenvalue weighted by Gasteiger charge is 2.30. The Morgan fingerprint density at radius 2 is 0.955 bits per heavy atom. The van der Waals surface area contributed by atoms with Gasteiger partial charge in [-0.05, 0) is 138 Å². The number of carbonyl (C=O) groups is 4. The molecule has 2 amide bonds. The average Bonchev–Trinajstić information content (AvgIpc) is 3.61. The number of H-pyrrole nitrogens is 1. The Labute approximate surface area is 510 Å². The van der Waals surface area contributed by atoms with Gasteiger partial charge >= 0.3 is 11.9 Å². The summed E-state index contributed by atoms with van der Waals surface area (Å²) < 4.78 is 69.2. The van der Waals surface area contributed by atoms with Crippen LogP contribution < -0.4 is 21.9 Å². The van der Waals surface area contributed by atoms with Crippen molar-refractivity contribution in [2.45, 2.75) is 18.8 Å². The first-order chi connectivity index (χ1) is 42.3. The van der Waals surface area contributed by atoms with Gasteiger partial charge in [-0.3, -0.25) is 24.0 Å². The minimum atomic E-state index is -1.30. The smallest absolute Gasteiger partial charge is 0.323 e. The van der Waals surface area contributed by atoms with E-state index in [4.69, 9.17) is 33.7 Å². The van der Waals surface area contributed by atoms with Gasteiger partial charge in [0.25, 0.3) is 5.56 Å². The Balaban J connectivity index is 0.000000161. The summed E-state index contributed by atoms with van der Waals surface area (Å²) in [6.07, 6.45) is 0. The Morgan fingerprint density at radius 1 is 0.545 bits per heavy atom. The molecular formula is C68H52Cl2F5N5O8.